The van der Waals surface area contributed by atoms with Crippen LogP contribution in [0.1, 0.15) is 22.5 Å². The van der Waals surface area contributed by atoms with E-state index in [9.17, 15) is 4.79 Å². The first-order chi connectivity index (χ1) is 12.5. The first-order valence-corrected chi connectivity index (χ1v) is 8.83. The largest absolute Gasteiger partial charge is 0.497 e. The molecule has 0 spiro atoms. The molecule has 2 amide bonds. The maximum atomic E-state index is 11.7. The second kappa shape index (κ2) is 7.78. The molecule has 0 fully saturated rings. The minimum absolute atomic E-state index is 0.104. The van der Waals surface area contributed by atoms with E-state index in [1.165, 1.54) is 21.7 Å². The van der Waals surface area contributed by atoms with Crippen molar-refractivity contribution in [2.45, 2.75) is 33.1 Å². The van der Waals surface area contributed by atoms with Crippen molar-refractivity contribution in [1.82, 2.24) is 24.9 Å². The van der Waals surface area contributed by atoms with E-state index < -0.39 is 0 Å². The molecule has 1 aliphatic rings. The van der Waals surface area contributed by atoms with Crippen LogP contribution in [0.3, 0.4) is 0 Å². The van der Waals surface area contributed by atoms with Crippen LogP contribution in [0.15, 0.2) is 24.3 Å². The van der Waals surface area contributed by atoms with Gasteiger partial charge in [-0.1, -0.05) is 6.07 Å². The number of carbonyl (C=O) groups is 1. The number of aromatic nitrogens is 2. The van der Waals surface area contributed by atoms with Crippen molar-refractivity contribution in [3.63, 3.8) is 0 Å². The third-order valence-corrected chi connectivity index (χ3v) is 4.70. The van der Waals surface area contributed by atoms with Gasteiger partial charge < -0.3 is 15.0 Å². The van der Waals surface area contributed by atoms with Gasteiger partial charge in [0.15, 0.2) is 0 Å². The van der Waals surface area contributed by atoms with E-state index in [1.807, 2.05) is 6.07 Å². The molecule has 2 aromatic rings. The van der Waals surface area contributed by atoms with Gasteiger partial charge in [-0.15, -0.1) is 0 Å². The van der Waals surface area contributed by atoms with E-state index in [0.717, 1.165) is 37.6 Å². The van der Waals surface area contributed by atoms with Gasteiger partial charge >= 0.3 is 6.03 Å². The highest BCUT2D eigenvalue weighted by Gasteiger charge is 2.19. The highest BCUT2D eigenvalue weighted by atomic mass is 16.5. The van der Waals surface area contributed by atoms with E-state index in [-0.39, 0.29) is 6.03 Å². The van der Waals surface area contributed by atoms with E-state index in [4.69, 9.17) is 4.74 Å². The number of hydrogen-bond acceptors (Lipinski definition) is 4. The normalized spacial score (nSPS) is 14.0. The average molecular weight is 357 g/mol. The Morgan fingerprint density at radius 2 is 2.12 bits per heavy atom. The van der Waals surface area contributed by atoms with Crippen LogP contribution in [0.5, 0.6) is 5.75 Å². The van der Waals surface area contributed by atoms with Crippen LogP contribution >= 0.6 is 0 Å². The van der Waals surface area contributed by atoms with E-state index in [0.29, 0.717) is 6.54 Å². The van der Waals surface area contributed by atoms with Gasteiger partial charge in [-0.05, 0) is 36.2 Å². The fourth-order valence-electron chi connectivity index (χ4n) is 3.14. The van der Waals surface area contributed by atoms with Crippen LogP contribution in [0, 0.1) is 6.92 Å². The van der Waals surface area contributed by atoms with Crippen LogP contribution in [0.2, 0.25) is 0 Å². The Balaban J connectivity index is 1.62. The van der Waals surface area contributed by atoms with Crippen molar-refractivity contribution in [3.8, 4) is 5.75 Å². The summed E-state index contributed by atoms with van der Waals surface area (Å²) < 4.78 is 7.34. The summed E-state index contributed by atoms with van der Waals surface area (Å²) in [5.74, 6) is 0.896. The second-order valence-electron chi connectivity index (χ2n) is 6.91. The summed E-state index contributed by atoms with van der Waals surface area (Å²) in [5, 5.41) is 7.47. The first-order valence-electron chi connectivity index (χ1n) is 8.83. The molecule has 0 aliphatic carbocycles. The summed E-state index contributed by atoms with van der Waals surface area (Å²) >= 11 is 0. The minimum atomic E-state index is -0.104. The molecule has 1 aliphatic heterocycles. The van der Waals surface area contributed by atoms with Gasteiger partial charge in [0.05, 0.1) is 31.6 Å². The first kappa shape index (κ1) is 18.3. The Kier molecular flexibility index (Phi) is 5.46. The molecule has 1 aromatic heterocycles. The predicted molar refractivity (Wildman–Crippen MR) is 100.0 cm³/mol. The molecule has 0 unspecified atom stereocenters. The van der Waals surface area contributed by atoms with Crippen molar-refractivity contribution < 1.29 is 9.53 Å². The molecule has 0 atom stereocenters. The minimum Gasteiger partial charge on any atom is -0.497 e. The molecule has 1 N–H and O–H groups in total. The molecular weight excluding hydrogens is 330 g/mol. The summed E-state index contributed by atoms with van der Waals surface area (Å²) in [5.41, 5.74) is 4.65. The van der Waals surface area contributed by atoms with E-state index in [2.05, 4.69) is 45.1 Å². The Labute approximate surface area is 154 Å². The number of hydrogen-bond donors (Lipinski definition) is 1. The van der Waals surface area contributed by atoms with Crippen LogP contribution < -0.4 is 10.1 Å². The monoisotopic (exact) mass is 357 g/mol. The van der Waals surface area contributed by atoms with E-state index >= 15 is 0 Å². The number of nitrogens with one attached hydrogen (secondary N) is 1. The lowest BCUT2D eigenvalue weighted by Crippen LogP contribution is -2.34. The highest BCUT2D eigenvalue weighted by Crippen LogP contribution is 2.21. The molecule has 7 heteroatoms. The Hall–Kier alpha value is -2.54. The zero-order valence-corrected chi connectivity index (χ0v) is 16.0. The number of ether oxygens (including phenoxy) is 1. The molecule has 0 saturated carbocycles. The zero-order valence-electron chi connectivity index (χ0n) is 16.0. The van der Waals surface area contributed by atoms with Crippen molar-refractivity contribution in [3.05, 3.63) is 46.8 Å². The number of aryl methyl sites for hydroxylation is 1. The number of fused-ring (bicyclic) bond motifs is 1. The van der Waals surface area contributed by atoms with Gasteiger partial charge in [-0.3, -0.25) is 9.58 Å². The molecule has 140 valence electrons. The summed E-state index contributed by atoms with van der Waals surface area (Å²) in [6.45, 7) is 6.18. The quantitative estimate of drug-likeness (QED) is 0.889. The number of amides is 2. The summed E-state index contributed by atoms with van der Waals surface area (Å²) in [6.07, 6.45) is 0. The second-order valence-corrected chi connectivity index (χ2v) is 6.91. The molecular formula is C19H27N5O2. The Morgan fingerprint density at radius 1 is 1.31 bits per heavy atom. The third kappa shape index (κ3) is 4.16. The molecule has 26 heavy (non-hydrogen) atoms. The summed E-state index contributed by atoms with van der Waals surface area (Å²) in [6, 6.07) is 8.22. The number of methoxy groups -OCH3 is 1. The van der Waals surface area contributed by atoms with Crippen molar-refractivity contribution in [2.75, 3.05) is 27.7 Å². The van der Waals surface area contributed by atoms with Gasteiger partial charge in [-0.25, -0.2) is 4.79 Å². The fraction of sp³-hybridized carbons (Fsp3) is 0.474. The maximum absolute atomic E-state index is 11.7. The number of rotatable bonds is 5. The van der Waals surface area contributed by atoms with Crippen molar-refractivity contribution >= 4 is 6.03 Å². The predicted octanol–water partition coefficient (Wildman–Crippen LogP) is 1.99. The van der Waals surface area contributed by atoms with Crippen LogP contribution in [0.4, 0.5) is 4.79 Å². The van der Waals surface area contributed by atoms with Gasteiger partial charge in [0.2, 0.25) is 0 Å². The van der Waals surface area contributed by atoms with Gasteiger partial charge in [0, 0.05) is 33.7 Å². The van der Waals surface area contributed by atoms with Gasteiger partial charge in [-0.2, -0.15) is 5.10 Å². The number of carbonyl (C=O) groups excluding carboxylic acids is 1. The van der Waals surface area contributed by atoms with Gasteiger partial charge in [0.25, 0.3) is 0 Å². The van der Waals surface area contributed by atoms with Gasteiger partial charge in [0.1, 0.15) is 5.75 Å². The average Bonchev–Trinajstić information content (AvgIpc) is 3.03. The standard InChI is InChI=1S/C19H27N5O2/c1-14-9-18(26-4)6-5-15(14)12-23-7-8-24-17(13-23)10-16(21-24)11-20-19(25)22(2)3/h5-6,9-10H,7-8,11-13H2,1-4H3,(H,20,25). The lowest BCUT2D eigenvalue weighted by Gasteiger charge is -2.28. The lowest BCUT2D eigenvalue weighted by molar-refractivity contribution is 0.204. The number of benzene rings is 1. The fourth-order valence-corrected chi connectivity index (χ4v) is 3.14. The molecule has 0 bridgehead atoms. The molecule has 0 saturated heterocycles. The van der Waals surface area contributed by atoms with Crippen molar-refractivity contribution in [2.24, 2.45) is 0 Å². The van der Waals surface area contributed by atoms with Crippen molar-refractivity contribution in [1.29, 1.82) is 0 Å². The number of nitrogens with zero attached hydrogens (tertiary/aromatic N) is 4. The molecule has 0 radical (unpaired) electrons. The Morgan fingerprint density at radius 3 is 2.81 bits per heavy atom. The molecule has 1 aromatic carbocycles. The lowest BCUT2D eigenvalue weighted by atomic mass is 10.1. The maximum Gasteiger partial charge on any atom is 0.317 e. The highest BCUT2D eigenvalue weighted by molar-refractivity contribution is 5.73. The van der Waals surface area contributed by atoms with Crippen LogP contribution in [-0.2, 0) is 26.2 Å². The zero-order chi connectivity index (χ0) is 18.7. The van der Waals surface area contributed by atoms with Crippen LogP contribution in [0.25, 0.3) is 0 Å². The molecule has 7 nitrogen and oxygen atoms in total. The smallest absolute Gasteiger partial charge is 0.317 e. The topological polar surface area (TPSA) is 62.6 Å². The molecule has 3 rings (SSSR count). The molecule has 2 heterocycles. The van der Waals surface area contributed by atoms with E-state index in [1.54, 1.807) is 21.2 Å². The Bertz CT molecular complexity index is 784. The summed E-state index contributed by atoms with van der Waals surface area (Å²) in [7, 11) is 5.15. The third-order valence-electron chi connectivity index (χ3n) is 4.70. The number of urea groups is 1. The summed E-state index contributed by atoms with van der Waals surface area (Å²) in [4.78, 5) is 15.6. The van der Waals surface area contributed by atoms with Crippen LogP contribution in [-0.4, -0.2) is 53.4 Å². The SMILES string of the molecule is COc1ccc(CN2CCn3nc(CNC(=O)N(C)C)cc3C2)c(C)c1.